The molecule has 0 aromatic rings. The van der Waals surface area contributed by atoms with Gasteiger partial charge in [-0.05, 0) is 112 Å². The number of aliphatic hydroxyl groups is 4. The van der Waals surface area contributed by atoms with Crippen molar-refractivity contribution in [2.45, 2.75) is 306 Å². The molecule has 616 valence electrons. The Morgan fingerprint density at radius 1 is 0.550 bits per heavy atom. The largest absolute Gasteiger partial charge is 0.462 e. The smallest absolute Gasteiger partial charge is 0.410 e. The number of aliphatic hydroxyl groups excluding tert-OH is 2. The summed E-state index contributed by atoms with van der Waals surface area (Å²) in [6, 6.07) is -1.47. The number of fused-ring (bicyclic) bond motifs is 4. The minimum absolute atomic E-state index is 0.0305. The summed E-state index contributed by atoms with van der Waals surface area (Å²) in [5.41, 5.74) is -0.269. The van der Waals surface area contributed by atoms with Crippen LogP contribution in [0.2, 0.25) is 0 Å². The van der Waals surface area contributed by atoms with Crippen LogP contribution >= 0.6 is 0 Å². The summed E-state index contributed by atoms with van der Waals surface area (Å²) in [7, 11) is 3.07. The van der Waals surface area contributed by atoms with Crippen LogP contribution in [-0.4, -0.2) is 224 Å². The van der Waals surface area contributed by atoms with Gasteiger partial charge < -0.3 is 107 Å². The highest BCUT2D eigenvalue weighted by Crippen LogP contribution is 2.50. The molecule has 10 aliphatic heterocycles. The first kappa shape index (κ1) is 84.6. The molecule has 10 heterocycles. The number of carbonyl (C=O) groups is 4. The Hall–Kier alpha value is -5.76. The van der Waals surface area contributed by atoms with Gasteiger partial charge in [0, 0.05) is 76.4 Å². The van der Waals surface area contributed by atoms with Gasteiger partial charge in [0.2, 0.25) is 6.79 Å². The third-order valence-electron chi connectivity index (χ3n) is 25.6. The van der Waals surface area contributed by atoms with Crippen LogP contribution in [0, 0.1) is 47.3 Å². The Morgan fingerprint density at radius 2 is 0.946 bits per heavy atom. The average Bonchev–Trinajstić information content (AvgIpc) is 1.60. The predicted octanol–water partition coefficient (Wildman–Crippen LogP) is 10.1. The fourth-order valence-corrected chi connectivity index (χ4v) is 18.7. The molecule has 26 nitrogen and oxygen atoms in total. The van der Waals surface area contributed by atoms with E-state index in [1.54, 1.807) is 64.2 Å². The van der Waals surface area contributed by atoms with Crippen molar-refractivity contribution in [2.24, 2.45) is 47.3 Å². The number of ether oxygens (including phenoxy) is 16. The molecule has 2 amide bonds. The van der Waals surface area contributed by atoms with E-state index in [0.717, 1.165) is 24.0 Å². The van der Waals surface area contributed by atoms with Gasteiger partial charge in [0.15, 0.2) is 24.2 Å². The van der Waals surface area contributed by atoms with E-state index >= 15 is 0 Å². The van der Waals surface area contributed by atoms with E-state index in [2.05, 4.69) is 76.5 Å². The number of hydrogen-bond donors (Lipinski definition) is 6. The average molecular weight is 1560 g/mol. The van der Waals surface area contributed by atoms with Crippen LogP contribution in [0.3, 0.4) is 0 Å². The van der Waals surface area contributed by atoms with E-state index in [4.69, 9.17) is 75.8 Å². The number of alkyl carbamates (subject to hydrolysis) is 2. The summed E-state index contributed by atoms with van der Waals surface area (Å²) in [6.45, 7) is 27.0. The van der Waals surface area contributed by atoms with Gasteiger partial charge in [-0.2, -0.15) is 0 Å². The summed E-state index contributed by atoms with van der Waals surface area (Å²) in [5, 5.41) is 53.8. The first-order chi connectivity index (χ1) is 52.8. The lowest BCUT2D eigenvalue weighted by molar-refractivity contribution is -0.301. The highest BCUT2D eigenvalue weighted by molar-refractivity contribution is 5.79. The van der Waals surface area contributed by atoms with Crippen molar-refractivity contribution in [3.8, 4) is 0 Å². The van der Waals surface area contributed by atoms with Gasteiger partial charge in [0.1, 0.15) is 59.7 Å². The summed E-state index contributed by atoms with van der Waals surface area (Å²) in [5.74, 6) is -5.96. The van der Waals surface area contributed by atoms with Gasteiger partial charge in [-0.15, -0.1) is 0 Å². The van der Waals surface area contributed by atoms with Gasteiger partial charge >= 0.3 is 24.1 Å². The molecule has 32 atom stereocenters. The molecule has 2 unspecified atom stereocenters. The second-order valence-corrected chi connectivity index (χ2v) is 33.5. The second kappa shape index (κ2) is 35.4. The second-order valence-electron chi connectivity index (χ2n) is 33.5. The highest BCUT2D eigenvalue weighted by Gasteiger charge is 2.62. The molecular formula is C85H122N2O24. The molecule has 26 heteroatoms. The SMILES string of the molecule is CCC(C)[C@H]1O[C@]2(C=C[C@@H]1C)C[C@@H]1C[C@@H](C/C=C(\C)[C@@H](O[C@H]3C[C@H](OC)[C@@H](NC(=O)OCOC(=O)N[C@H]4[C@H](C)O[C@@H](O[C@@H]5/C(C)=C/C[C@@H]6C[C@@H](C[C@]7(C=C[C@H](C)[C@@H](C(C)CC)O7)O6)OC(=O)[C@@H]6C=C(C)[C@@H](O)[C@H]7OC/C(=C\C=C\[C@@H]5C)[C@]76O)C[C@@H]4OC)[C@H](C)O3)[C@@H](C)/C=C/C=C3\CO[C@@H]4[C@H](O)C(C)=C[C@@H](C(=O)O1)[C@]34O)O2. The quantitative estimate of drug-likeness (QED) is 0.0407. The van der Waals surface area contributed by atoms with Gasteiger partial charge in [-0.3, -0.25) is 9.59 Å². The Morgan fingerprint density at radius 3 is 1.32 bits per heavy atom. The van der Waals surface area contributed by atoms with Gasteiger partial charge in [-0.25, -0.2) is 9.59 Å². The van der Waals surface area contributed by atoms with Crippen molar-refractivity contribution in [2.75, 3.05) is 34.2 Å². The fourth-order valence-electron chi connectivity index (χ4n) is 18.7. The number of nitrogens with one attached hydrogen (secondary N) is 2. The monoisotopic (exact) mass is 1550 g/mol. The van der Waals surface area contributed by atoms with Crippen LogP contribution < -0.4 is 10.6 Å². The van der Waals surface area contributed by atoms with Crippen LogP contribution in [0.25, 0.3) is 0 Å². The molecule has 12 rings (SSSR count). The van der Waals surface area contributed by atoms with Crippen molar-refractivity contribution >= 4 is 24.1 Å². The lowest BCUT2D eigenvalue weighted by Gasteiger charge is -2.48. The number of allylic oxidation sites excluding steroid dienone is 4. The molecule has 6 saturated heterocycles. The summed E-state index contributed by atoms with van der Waals surface area (Å²) in [6.07, 6.45) is 16.2. The van der Waals surface area contributed by atoms with Gasteiger partial charge in [0.25, 0.3) is 0 Å². The Labute approximate surface area is 653 Å². The van der Waals surface area contributed by atoms with Crippen LogP contribution in [0.4, 0.5) is 9.59 Å². The summed E-state index contributed by atoms with van der Waals surface area (Å²) < 4.78 is 103. The lowest BCUT2D eigenvalue weighted by Crippen LogP contribution is -2.58. The van der Waals surface area contributed by atoms with Crippen LogP contribution in [0.15, 0.2) is 119 Å². The van der Waals surface area contributed by atoms with E-state index in [9.17, 15) is 39.6 Å². The number of esters is 2. The molecule has 0 saturated carbocycles. The van der Waals surface area contributed by atoms with E-state index in [1.807, 2.05) is 52.0 Å². The topological polar surface area (TPSA) is 321 Å². The Balaban J connectivity index is 0.680. The standard InChI is InChI=1S/C85H122N2O24/c1-17-44(3)74-50(9)29-31-82(110-74)39-60-35-58(108-82)27-25-48(7)72(46(5)21-19-23-56-41-98-76-70(88)52(11)33-62(78(90)104-60)84(56,76)94)106-66-37-64(96-15)68(54(13)102-66)86-80(92)100-43-101-81(93)87-69-55(14)103-67(38-65(69)97-16)107-73-47(6)22-20-24-57-42-99-77-71(89)53(12)34-63(85(57,77)95)79(91)105-61-36-59(28-26-49(73)8)109-83(40-61)32-30-51(10)75(111-83)45(4)18-2/h19-26,29-34,44-47,50-51,54-55,58-77,88-89,94-95H,17-18,27-28,35-43H2,1-16H3,(H,86,92)(H,87,93)/b21-19+,22-20+,48-25+,49-26+,56-23+,57-24+/t44?,45?,46-,47-,50-,51-,54-,55-,58+,59+,60-,61-,62-,63-,64-,65-,66-,67-,68-,69-,70+,71+,72-,73-,74+,75+,76+,77+,82+,83+,84+,85+/m0/s1. The van der Waals surface area contributed by atoms with Crippen molar-refractivity contribution in [1.82, 2.24) is 10.6 Å². The van der Waals surface area contributed by atoms with E-state index in [-0.39, 0.29) is 86.6 Å². The maximum Gasteiger partial charge on any atom is 0.410 e. The minimum atomic E-state index is -1.91. The van der Waals surface area contributed by atoms with Crippen LogP contribution in [-0.2, 0) is 85.4 Å². The maximum atomic E-state index is 14.6. The van der Waals surface area contributed by atoms with E-state index in [0.29, 0.717) is 48.0 Å². The molecule has 2 aliphatic carbocycles. The number of methoxy groups -OCH3 is 2. The van der Waals surface area contributed by atoms with Crippen LogP contribution in [0.5, 0.6) is 0 Å². The number of carbonyl (C=O) groups excluding carboxylic acids is 4. The maximum absolute atomic E-state index is 14.6. The Bertz CT molecular complexity index is 3430. The van der Waals surface area contributed by atoms with Crippen molar-refractivity contribution in [3.63, 3.8) is 0 Å². The number of rotatable bonds is 14. The molecule has 4 bridgehead atoms. The summed E-state index contributed by atoms with van der Waals surface area (Å²) in [4.78, 5) is 56.3. The zero-order valence-electron chi connectivity index (χ0n) is 67.4. The highest BCUT2D eigenvalue weighted by atomic mass is 16.7. The molecule has 0 radical (unpaired) electrons. The fraction of sp³-hybridized carbons (Fsp3) is 0.718. The predicted molar refractivity (Wildman–Crippen MR) is 405 cm³/mol. The minimum Gasteiger partial charge on any atom is -0.462 e. The van der Waals surface area contributed by atoms with Gasteiger partial charge in [-0.1, -0.05) is 141 Å². The molecule has 0 aromatic heterocycles. The first-order valence-corrected chi connectivity index (χ1v) is 40.4. The zero-order chi connectivity index (χ0) is 79.8. The number of amides is 2. The Kier molecular flexibility index (Phi) is 27.0. The number of hydrogen-bond acceptors (Lipinski definition) is 24. The van der Waals surface area contributed by atoms with Crippen molar-refractivity contribution < 1.29 is 115 Å². The van der Waals surface area contributed by atoms with Crippen molar-refractivity contribution in [1.29, 1.82) is 0 Å². The molecule has 12 aliphatic rings. The summed E-state index contributed by atoms with van der Waals surface area (Å²) >= 11 is 0. The molecule has 0 aromatic carbocycles. The molecule has 111 heavy (non-hydrogen) atoms. The molecular weight excluding hydrogens is 1430 g/mol. The first-order valence-electron chi connectivity index (χ1n) is 40.4. The van der Waals surface area contributed by atoms with Crippen LogP contribution in [0.1, 0.15) is 161 Å². The zero-order valence-corrected chi connectivity index (χ0v) is 67.4. The lowest BCUT2D eigenvalue weighted by atomic mass is 9.71. The molecule has 2 spiro atoms. The molecule has 6 N–H and O–H groups in total. The third kappa shape index (κ3) is 18.0. The normalized spacial score (nSPS) is 46.4. The third-order valence-corrected chi connectivity index (χ3v) is 25.6. The van der Waals surface area contributed by atoms with E-state index in [1.165, 1.54) is 14.2 Å². The molecule has 6 fully saturated rings. The van der Waals surface area contributed by atoms with Crippen molar-refractivity contribution in [3.05, 3.63) is 119 Å². The van der Waals surface area contributed by atoms with Gasteiger partial charge in [0.05, 0.1) is 86.3 Å². The van der Waals surface area contributed by atoms with E-state index < -0.39 is 176 Å².